The Morgan fingerprint density at radius 1 is 1.17 bits per heavy atom. The number of carbonyl (C=O) groups excluding carboxylic acids is 1. The number of halogens is 4. The van der Waals surface area contributed by atoms with Crippen molar-refractivity contribution in [3.05, 3.63) is 65.0 Å². The summed E-state index contributed by atoms with van der Waals surface area (Å²) in [6, 6.07) is 7.62. The molecule has 11 heteroatoms. The lowest BCUT2D eigenvalue weighted by Gasteiger charge is -2.26. The Bertz CT molecular complexity index is 1510. The van der Waals surface area contributed by atoms with Gasteiger partial charge in [0, 0.05) is 30.9 Å². The van der Waals surface area contributed by atoms with Crippen molar-refractivity contribution >= 4 is 39.0 Å². The molecule has 3 heterocycles. The van der Waals surface area contributed by atoms with Gasteiger partial charge in [-0.15, -0.1) is 0 Å². The minimum Gasteiger partial charge on any atom is -0.352 e. The third-order valence-corrected chi connectivity index (χ3v) is 6.37. The van der Waals surface area contributed by atoms with E-state index in [1.54, 1.807) is 36.1 Å². The van der Waals surface area contributed by atoms with Crippen LogP contribution in [0.25, 0.3) is 21.7 Å². The number of nitrogens with one attached hydrogen (secondary N) is 1. The van der Waals surface area contributed by atoms with Gasteiger partial charge in [-0.2, -0.15) is 18.3 Å². The van der Waals surface area contributed by atoms with Crippen LogP contribution in [-0.2, 0) is 18.4 Å². The Balaban J connectivity index is 1.51. The van der Waals surface area contributed by atoms with Crippen molar-refractivity contribution < 1.29 is 22.4 Å². The minimum absolute atomic E-state index is 0.000349. The summed E-state index contributed by atoms with van der Waals surface area (Å²) < 4.78 is 57.5. The van der Waals surface area contributed by atoms with Gasteiger partial charge < -0.3 is 14.8 Å². The molecule has 5 rings (SSSR count). The highest BCUT2D eigenvalue weighted by Gasteiger charge is 2.47. The van der Waals surface area contributed by atoms with Crippen LogP contribution in [-0.4, -0.2) is 43.9 Å². The molecule has 1 amide bonds. The van der Waals surface area contributed by atoms with E-state index in [1.807, 2.05) is 0 Å². The number of anilines is 2. The van der Waals surface area contributed by atoms with E-state index >= 15 is 0 Å². The standard InChI is InChI=1S/C24H21F4N5O2/c1-31-18-7-5-16(11-15(18)12-29-31)30-22-17(25)6-4-14-8-10-32(23(35)21(14)22)13-20(34)33-9-2-3-19(33)24(26,27)28/h4-8,10-12,19,30H,2-3,9,13H2,1H3/t19-/m0/s1. The number of aromatic nitrogens is 3. The summed E-state index contributed by atoms with van der Waals surface area (Å²) >= 11 is 0. The highest BCUT2D eigenvalue weighted by atomic mass is 19.4. The molecule has 0 bridgehead atoms. The van der Waals surface area contributed by atoms with Crippen LogP contribution >= 0.6 is 0 Å². The lowest BCUT2D eigenvalue weighted by atomic mass is 10.1. The van der Waals surface area contributed by atoms with Crippen LogP contribution in [0.15, 0.2) is 53.6 Å². The van der Waals surface area contributed by atoms with Gasteiger partial charge in [0.15, 0.2) is 0 Å². The van der Waals surface area contributed by atoms with Crippen molar-refractivity contribution in [1.82, 2.24) is 19.2 Å². The number of nitrogens with zero attached hydrogens (tertiary/aromatic N) is 4. The van der Waals surface area contributed by atoms with Gasteiger partial charge in [-0.25, -0.2) is 4.39 Å². The average Bonchev–Trinajstić information content (AvgIpc) is 3.45. The lowest BCUT2D eigenvalue weighted by Crippen LogP contribution is -2.46. The average molecular weight is 487 g/mol. The van der Waals surface area contributed by atoms with Crippen LogP contribution < -0.4 is 10.9 Å². The smallest absolute Gasteiger partial charge is 0.352 e. The van der Waals surface area contributed by atoms with Gasteiger partial charge in [0.1, 0.15) is 18.4 Å². The van der Waals surface area contributed by atoms with Gasteiger partial charge in [0.2, 0.25) is 5.91 Å². The summed E-state index contributed by atoms with van der Waals surface area (Å²) in [4.78, 5) is 26.8. The maximum Gasteiger partial charge on any atom is 0.408 e. The highest BCUT2D eigenvalue weighted by Crippen LogP contribution is 2.33. The number of fused-ring (bicyclic) bond motifs is 2. The molecule has 1 aliphatic rings. The molecule has 0 saturated carbocycles. The van der Waals surface area contributed by atoms with Gasteiger partial charge in [-0.05, 0) is 48.6 Å². The van der Waals surface area contributed by atoms with E-state index < -0.39 is 36.0 Å². The SMILES string of the molecule is Cn1ncc2cc(Nc3c(F)ccc4ccn(CC(=O)N5CCC[C@H]5C(F)(F)F)c(=O)c34)ccc21. The molecule has 182 valence electrons. The van der Waals surface area contributed by atoms with Crippen molar-refractivity contribution in [3.63, 3.8) is 0 Å². The van der Waals surface area contributed by atoms with Gasteiger partial charge in [0.25, 0.3) is 5.56 Å². The number of aryl methyl sites for hydroxylation is 1. The Morgan fingerprint density at radius 3 is 2.74 bits per heavy atom. The fourth-order valence-corrected chi connectivity index (χ4v) is 4.62. The zero-order valence-electron chi connectivity index (χ0n) is 18.6. The first kappa shape index (κ1) is 22.9. The maximum atomic E-state index is 14.9. The fraction of sp³-hybridized carbons (Fsp3) is 0.292. The summed E-state index contributed by atoms with van der Waals surface area (Å²) in [5.41, 5.74) is 0.636. The van der Waals surface area contributed by atoms with E-state index in [4.69, 9.17) is 0 Å². The van der Waals surface area contributed by atoms with Gasteiger partial charge >= 0.3 is 6.18 Å². The zero-order chi connectivity index (χ0) is 24.9. The molecule has 0 radical (unpaired) electrons. The molecule has 0 aliphatic carbocycles. The molecule has 4 aromatic rings. The number of hydrogen-bond acceptors (Lipinski definition) is 4. The minimum atomic E-state index is -4.53. The van der Waals surface area contributed by atoms with Crippen LogP contribution in [0.4, 0.5) is 28.9 Å². The molecule has 7 nitrogen and oxygen atoms in total. The summed E-state index contributed by atoms with van der Waals surface area (Å²) in [6.07, 6.45) is -1.46. The first-order valence-electron chi connectivity index (χ1n) is 11.0. The van der Waals surface area contributed by atoms with Crippen LogP contribution in [0.3, 0.4) is 0 Å². The second kappa shape index (κ2) is 8.40. The summed E-state index contributed by atoms with van der Waals surface area (Å²) in [5.74, 6) is -1.49. The second-order valence-electron chi connectivity index (χ2n) is 8.59. The topological polar surface area (TPSA) is 72.2 Å². The predicted molar refractivity (Wildman–Crippen MR) is 123 cm³/mol. The van der Waals surface area contributed by atoms with Crippen LogP contribution in [0.2, 0.25) is 0 Å². The predicted octanol–water partition coefficient (Wildman–Crippen LogP) is 4.32. The fourth-order valence-electron chi connectivity index (χ4n) is 4.62. The monoisotopic (exact) mass is 487 g/mol. The van der Waals surface area contributed by atoms with Crippen LogP contribution in [0, 0.1) is 5.82 Å². The van der Waals surface area contributed by atoms with Crippen molar-refractivity contribution in [3.8, 4) is 0 Å². The number of rotatable bonds is 4. The molecule has 1 saturated heterocycles. The van der Waals surface area contributed by atoms with Crippen molar-refractivity contribution in [1.29, 1.82) is 0 Å². The molecule has 1 fully saturated rings. The molecule has 0 spiro atoms. The molecule has 1 aliphatic heterocycles. The van der Waals surface area contributed by atoms with E-state index in [1.165, 1.54) is 24.4 Å². The molecule has 1 atom stereocenters. The third-order valence-electron chi connectivity index (χ3n) is 6.37. The number of carbonyl (C=O) groups is 1. The zero-order valence-corrected chi connectivity index (χ0v) is 18.6. The van der Waals surface area contributed by atoms with Crippen molar-refractivity contribution in [2.75, 3.05) is 11.9 Å². The lowest BCUT2D eigenvalue weighted by molar-refractivity contribution is -0.183. The van der Waals surface area contributed by atoms with E-state index in [2.05, 4.69) is 10.4 Å². The molecular formula is C24H21F4N5O2. The Morgan fingerprint density at radius 2 is 1.97 bits per heavy atom. The van der Waals surface area contributed by atoms with Gasteiger partial charge in [-0.3, -0.25) is 14.3 Å². The number of alkyl halides is 3. The van der Waals surface area contributed by atoms with E-state index in [0.717, 1.165) is 20.4 Å². The van der Waals surface area contributed by atoms with E-state index in [-0.39, 0.29) is 30.5 Å². The van der Waals surface area contributed by atoms with E-state index in [9.17, 15) is 27.2 Å². The maximum absolute atomic E-state index is 14.9. The highest BCUT2D eigenvalue weighted by molar-refractivity contribution is 5.96. The molecular weight excluding hydrogens is 466 g/mol. The molecule has 35 heavy (non-hydrogen) atoms. The third kappa shape index (κ3) is 4.11. The normalized spacial score (nSPS) is 16.4. The largest absolute Gasteiger partial charge is 0.408 e. The molecule has 2 aromatic heterocycles. The summed E-state index contributed by atoms with van der Waals surface area (Å²) in [6.45, 7) is -0.595. The van der Waals surface area contributed by atoms with Gasteiger partial charge in [-0.1, -0.05) is 6.07 Å². The summed E-state index contributed by atoms with van der Waals surface area (Å²) in [5, 5.41) is 8.36. The summed E-state index contributed by atoms with van der Waals surface area (Å²) in [7, 11) is 1.79. The first-order valence-corrected chi connectivity index (χ1v) is 11.0. The molecule has 0 unspecified atom stereocenters. The number of hydrogen-bond donors (Lipinski definition) is 1. The van der Waals surface area contributed by atoms with Crippen LogP contribution in [0.5, 0.6) is 0 Å². The molecule has 2 aromatic carbocycles. The van der Waals surface area contributed by atoms with Crippen molar-refractivity contribution in [2.45, 2.75) is 31.6 Å². The number of amides is 1. The van der Waals surface area contributed by atoms with Crippen molar-refractivity contribution in [2.24, 2.45) is 7.05 Å². The quantitative estimate of drug-likeness (QED) is 0.435. The van der Waals surface area contributed by atoms with Crippen LogP contribution in [0.1, 0.15) is 12.8 Å². The Labute approximate surface area is 196 Å². The number of benzene rings is 2. The first-order chi connectivity index (χ1) is 16.6. The number of pyridine rings is 1. The van der Waals surface area contributed by atoms with Gasteiger partial charge in [0.05, 0.1) is 22.8 Å². The second-order valence-corrected chi connectivity index (χ2v) is 8.59. The molecule has 1 N–H and O–H groups in total. The Kier molecular flexibility index (Phi) is 5.49. The Hall–Kier alpha value is -3.89. The van der Waals surface area contributed by atoms with E-state index in [0.29, 0.717) is 11.1 Å². The number of likely N-dealkylation sites (tertiary alicyclic amines) is 1.